The number of hydrogen-bond donors (Lipinski definition) is 1. The fraction of sp³-hybridized carbons (Fsp3) is 0.471. The summed E-state index contributed by atoms with van der Waals surface area (Å²) in [6.07, 6.45) is 7.28. The Morgan fingerprint density at radius 2 is 2.12 bits per heavy atom. The average Bonchev–Trinajstić information content (AvgIpc) is 3.29. The van der Waals surface area contributed by atoms with Gasteiger partial charge in [-0.25, -0.2) is 9.97 Å². The first kappa shape index (κ1) is 15.1. The molecule has 2 aliphatic heterocycles. The van der Waals surface area contributed by atoms with Crippen molar-refractivity contribution in [2.45, 2.75) is 44.1 Å². The molecule has 24 heavy (non-hydrogen) atoms. The minimum absolute atomic E-state index is 0.0573. The SMILES string of the molecule is O=C(NCc1ccco1)[C@H]1CC[C@@H]2[C@@H](CCN2c2ncccn2)O1. The summed E-state index contributed by atoms with van der Waals surface area (Å²) in [5.74, 6) is 1.42. The van der Waals surface area contributed by atoms with Crippen LogP contribution in [0.5, 0.6) is 0 Å². The highest BCUT2D eigenvalue weighted by molar-refractivity contribution is 5.80. The van der Waals surface area contributed by atoms with E-state index in [4.69, 9.17) is 9.15 Å². The molecule has 7 nitrogen and oxygen atoms in total. The zero-order valence-corrected chi connectivity index (χ0v) is 13.3. The van der Waals surface area contributed by atoms with E-state index in [1.807, 2.05) is 18.2 Å². The first-order valence-corrected chi connectivity index (χ1v) is 8.30. The van der Waals surface area contributed by atoms with Crippen molar-refractivity contribution in [3.05, 3.63) is 42.6 Å². The number of aromatic nitrogens is 2. The second-order valence-corrected chi connectivity index (χ2v) is 6.14. The summed E-state index contributed by atoms with van der Waals surface area (Å²) in [6.45, 7) is 1.25. The van der Waals surface area contributed by atoms with E-state index in [0.29, 0.717) is 13.0 Å². The molecule has 7 heteroatoms. The van der Waals surface area contributed by atoms with Crippen LogP contribution in [-0.2, 0) is 16.1 Å². The van der Waals surface area contributed by atoms with E-state index >= 15 is 0 Å². The van der Waals surface area contributed by atoms with E-state index in [2.05, 4.69) is 20.2 Å². The van der Waals surface area contributed by atoms with Crippen molar-refractivity contribution in [1.29, 1.82) is 0 Å². The predicted molar refractivity (Wildman–Crippen MR) is 86.2 cm³/mol. The third-order valence-electron chi connectivity index (χ3n) is 4.67. The number of nitrogens with zero attached hydrogens (tertiary/aromatic N) is 3. The van der Waals surface area contributed by atoms with Crippen LogP contribution in [0, 0.1) is 0 Å². The van der Waals surface area contributed by atoms with Crippen molar-refractivity contribution in [2.24, 2.45) is 0 Å². The third kappa shape index (κ3) is 2.99. The van der Waals surface area contributed by atoms with Gasteiger partial charge < -0.3 is 19.4 Å². The molecular weight excluding hydrogens is 308 g/mol. The minimum atomic E-state index is -0.391. The van der Waals surface area contributed by atoms with Gasteiger partial charge in [0.1, 0.15) is 11.9 Å². The van der Waals surface area contributed by atoms with E-state index in [1.165, 1.54) is 0 Å². The summed E-state index contributed by atoms with van der Waals surface area (Å²) in [5.41, 5.74) is 0. The Morgan fingerprint density at radius 3 is 2.92 bits per heavy atom. The Kier molecular flexibility index (Phi) is 4.17. The molecule has 0 radical (unpaired) electrons. The first-order chi connectivity index (χ1) is 11.8. The van der Waals surface area contributed by atoms with Crippen LogP contribution in [0.2, 0.25) is 0 Å². The third-order valence-corrected chi connectivity index (χ3v) is 4.67. The average molecular weight is 328 g/mol. The quantitative estimate of drug-likeness (QED) is 0.916. The van der Waals surface area contributed by atoms with Crippen molar-refractivity contribution < 1.29 is 13.9 Å². The van der Waals surface area contributed by atoms with Crippen LogP contribution in [0.3, 0.4) is 0 Å². The first-order valence-electron chi connectivity index (χ1n) is 8.30. The maximum Gasteiger partial charge on any atom is 0.249 e. The lowest BCUT2D eigenvalue weighted by Crippen LogP contribution is -2.48. The number of furan rings is 1. The van der Waals surface area contributed by atoms with E-state index in [-0.39, 0.29) is 18.1 Å². The molecule has 0 aromatic carbocycles. The molecule has 4 heterocycles. The van der Waals surface area contributed by atoms with E-state index < -0.39 is 6.10 Å². The monoisotopic (exact) mass is 328 g/mol. The topological polar surface area (TPSA) is 80.5 Å². The smallest absolute Gasteiger partial charge is 0.249 e. The van der Waals surface area contributed by atoms with Gasteiger partial charge in [-0.3, -0.25) is 4.79 Å². The molecule has 0 bridgehead atoms. The van der Waals surface area contributed by atoms with Gasteiger partial charge in [0.15, 0.2) is 0 Å². The predicted octanol–water partition coefficient (Wildman–Crippen LogP) is 1.51. The lowest BCUT2D eigenvalue weighted by atomic mass is 9.98. The zero-order valence-electron chi connectivity index (χ0n) is 13.3. The van der Waals surface area contributed by atoms with Gasteiger partial charge in [-0.2, -0.15) is 0 Å². The molecule has 1 amide bonds. The van der Waals surface area contributed by atoms with Gasteiger partial charge in [0.25, 0.3) is 0 Å². The van der Waals surface area contributed by atoms with Crippen LogP contribution in [0.15, 0.2) is 41.3 Å². The van der Waals surface area contributed by atoms with Gasteiger partial charge in [-0.05, 0) is 37.5 Å². The largest absolute Gasteiger partial charge is 0.467 e. The van der Waals surface area contributed by atoms with Crippen LogP contribution >= 0.6 is 0 Å². The zero-order chi connectivity index (χ0) is 16.4. The number of carbonyl (C=O) groups is 1. The number of carbonyl (C=O) groups excluding carboxylic acids is 1. The molecule has 2 aliphatic rings. The van der Waals surface area contributed by atoms with Crippen molar-refractivity contribution in [2.75, 3.05) is 11.4 Å². The highest BCUT2D eigenvalue weighted by Crippen LogP contribution is 2.33. The van der Waals surface area contributed by atoms with Crippen LogP contribution in [0.1, 0.15) is 25.0 Å². The standard InChI is InChI=1S/C17H20N4O3/c22-16(20-11-12-3-1-10-23-12)15-5-4-13-14(24-15)6-9-21(13)17-18-7-2-8-19-17/h1-3,7-8,10,13-15H,4-6,9,11H2,(H,20,22)/t13-,14-,15-/m1/s1. The summed E-state index contributed by atoms with van der Waals surface area (Å²) in [5, 5.41) is 2.88. The Bertz CT molecular complexity index is 676. The Morgan fingerprint density at radius 1 is 1.25 bits per heavy atom. The van der Waals surface area contributed by atoms with Crippen molar-refractivity contribution in [1.82, 2.24) is 15.3 Å². The van der Waals surface area contributed by atoms with Gasteiger partial charge in [0.05, 0.1) is 25.0 Å². The summed E-state index contributed by atoms with van der Waals surface area (Å²) >= 11 is 0. The lowest BCUT2D eigenvalue weighted by molar-refractivity contribution is -0.141. The second kappa shape index (κ2) is 6.60. The molecule has 0 saturated carbocycles. The number of amides is 1. The molecule has 0 aliphatic carbocycles. The summed E-state index contributed by atoms with van der Waals surface area (Å²) in [6, 6.07) is 5.71. The Labute approximate surface area is 140 Å². The molecule has 1 N–H and O–H groups in total. The number of ether oxygens (including phenoxy) is 1. The van der Waals surface area contributed by atoms with Crippen LogP contribution in [0.25, 0.3) is 0 Å². The fourth-order valence-corrected chi connectivity index (χ4v) is 3.51. The van der Waals surface area contributed by atoms with Gasteiger partial charge in [-0.15, -0.1) is 0 Å². The van der Waals surface area contributed by atoms with Gasteiger partial charge >= 0.3 is 0 Å². The highest BCUT2D eigenvalue weighted by atomic mass is 16.5. The van der Waals surface area contributed by atoms with Gasteiger partial charge in [-0.1, -0.05) is 0 Å². The van der Waals surface area contributed by atoms with E-state index in [1.54, 1.807) is 18.7 Å². The molecule has 126 valence electrons. The van der Waals surface area contributed by atoms with E-state index in [9.17, 15) is 4.79 Å². The molecule has 2 aromatic rings. The van der Waals surface area contributed by atoms with Crippen LogP contribution in [0.4, 0.5) is 5.95 Å². The van der Waals surface area contributed by atoms with Crippen molar-refractivity contribution in [3.8, 4) is 0 Å². The number of anilines is 1. The summed E-state index contributed by atoms with van der Waals surface area (Å²) in [7, 11) is 0. The number of hydrogen-bond acceptors (Lipinski definition) is 6. The molecule has 0 unspecified atom stereocenters. The summed E-state index contributed by atoms with van der Waals surface area (Å²) < 4.78 is 11.3. The van der Waals surface area contributed by atoms with Gasteiger partial charge in [0, 0.05) is 18.9 Å². The number of fused-ring (bicyclic) bond motifs is 1. The molecule has 2 aromatic heterocycles. The maximum atomic E-state index is 12.3. The number of rotatable bonds is 4. The Balaban J connectivity index is 1.34. The maximum absolute atomic E-state index is 12.3. The van der Waals surface area contributed by atoms with Crippen LogP contribution < -0.4 is 10.2 Å². The highest BCUT2D eigenvalue weighted by Gasteiger charge is 2.42. The molecule has 0 spiro atoms. The molecule has 2 fully saturated rings. The molecule has 4 rings (SSSR count). The van der Waals surface area contributed by atoms with Crippen LogP contribution in [-0.4, -0.2) is 40.7 Å². The van der Waals surface area contributed by atoms with Crippen molar-refractivity contribution >= 4 is 11.9 Å². The molecular formula is C17H20N4O3. The summed E-state index contributed by atoms with van der Waals surface area (Å²) in [4.78, 5) is 23.2. The minimum Gasteiger partial charge on any atom is -0.467 e. The lowest BCUT2D eigenvalue weighted by Gasteiger charge is -2.35. The van der Waals surface area contributed by atoms with Crippen molar-refractivity contribution in [3.63, 3.8) is 0 Å². The van der Waals surface area contributed by atoms with E-state index in [0.717, 1.165) is 31.1 Å². The fourth-order valence-electron chi connectivity index (χ4n) is 3.51. The normalized spacial score (nSPS) is 26.2. The Hall–Kier alpha value is -2.41. The van der Waals surface area contributed by atoms with Gasteiger partial charge in [0.2, 0.25) is 11.9 Å². The molecule has 2 saturated heterocycles. The number of nitrogens with one attached hydrogen (secondary N) is 1. The second-order valence-electron chi connectivity index (χ2n) is 6.14. The molecule has 3 atom stereocenters.